The van der Waals surface area contributed by atoms with Crippen molar-refractivity contribution in [3.05, 3.63) is 11.6 Å². The Bertz CT molecular complexity index is 508. The lowest BCUT2D eigenvalue weighted by atomic mass is 10.0. The van der Waals surface area contributed by atoms with Crippen LogP contribution in [-0.2, 0) is 9.53 Å². The number of likely N-dealkylation sites (tertiary alicyclic amines) is 1. The minimum Gasteiger partial charge on any atom is -0.378 e. The van der Waals surface area contributed by atoms with Crippen molar-refractivity contribution in [2.24, 2.45) is 0 Å². The molecule has 6 nitrogen and oxygen atoms in total. The van der Waals surface area contributed by atoms with Crippen LogP contribution in [0.3, 0.4) is 0 Å². The maximum absolute atomic E-state index is 12.4. The fourth-order valence-electron chi connectivity index (χ4n) is 3.39. The highest BCUT2D eigenvalue weighted by molar-refractivity contribution is 5.76. The van der Waals surface area contributed by atoms with Crippen molar-refractivity contribution in [3.63, 3.8) is 0 Å². The van der Waals surface area contributed by atoms with E-state index in [-0.39, 0.29) is 18.1 Å². The zero-order chi connectivity index (χ0) is 14.8. The summed E-state index contributed by atoms with van der Waals surface area (Å²) in [5, 5.41) is 4.47. The molecule has 0 spiro atoms. The molecule has 0 aliphatic carbocycles. The molecular weight excluding hydrogens is 268 g/mol. The van der Waals surface area contributed by atoms with E-state index in [0.29, 0.717) is 6.42 Å². The molecule has 0 N–H and O–H groups in total. The third kappa shape index (κ3) is 3.26. The van der Waals surface area contributed by atoms with Crippen LogP contribution in [0.2, 0.25) is 0 Å². The average Bonchev–Trinajstić information content (AvgIpc) is 3.08. The third-order valence-electron chi connectivity index (χ3n) is 4.43. The summed E-state index contributed by atoms with van der Waals surface area (Å²) in [6.45, 7) is 6.29. The zero-order valence-electron chi connectivity index (χ0n) is 12.9. The number of carbonyl (C=O) groups excluding carboxylic acids is 1. The Morgan fingerprint density at radius 1 is 1.33 bits per heavy atom. The Balaban J connectivity index is 1.62. The van der Waals surface area contributed by atoms with Crippen LogP contribution in [-0.4, -0.2) is 51.4 Å². The van der Waals surface area contributed by atoms with E-state index in [1.807, 2.05) is 23.4 Å². The average molecular weight is 292 g/mol. The maximum atomic E-state index is 12.4. The van der Waals surface area contributed by atoms with Crippen molar-refractivity contribution in [1.82, 2.24) is 19.7 Å². The second-order valence-electron chi connectivity index (χ2n) is 6.13. The molecule has 116 valence electrons. The fourth-order valence-corrected chi connectivity index (χ4v) is 3.39. The van der Waals surface area contributed by atoms with E-state index in [4.69, 9.17) is 4.74 Å². The monoisotopic (exact) mass is 292 g/mol. The van der Waals surface area contributed by atoms with Gasteiger partial charge in [-0.3, -0.25) is 4.79 Å². The highest BCUT2D eigenvalue weighted by Gasteiger charge is 2.28. The van der Waals surface area contributed by atoms with E-state index in [0.717, 1.165) is 57.0 Å². The minimum absolute atomic E-state index is 0.133. The molecule has 2 aliphatic heterocycles. The summed E-state index contributed by atoms with van der Waals surface area (Å²) < 4.78 is 7.56. The molecule has 1 aromatic rings. The van der Waals surface area contributed by atoms with Crippen LogP contribution in [0.15, 0.2) is 0 Å². The summed E-state index contributed by atoms with van der Waals surface area (Å²) in [4.78, 5) is 18.8. The smallest absolute Gasteiger partial charge is 0.225 e. The molecule has 0 saturated carbocycles. The van der Waals surface area contributed by atoms with E-state index in [9.17, 15) is 4.79 Å². The summed E-state index contributed by atoms with van der Waals surface area (Å²) >= 11 is 0. The van der Waals surface area contributed by atoms with Gasteiger partial charge in [-0.05, 0) is 39.5 Å². The molecule has 0 bridgehead atoms. The summed E-state index contributed by atoms with van der Waals surface area (Å²) in [5.74, 6) is 1.96. The second-order valence-corrected chi connectivity index (χ2v) is 6.13. The lowest BCUT2D eigenvalue weighted by Gasteiger charge is -2.33. The van der Waals surface area contributed by atoms with Gasteiger partial charge in [0.25, 0.3) is 0 Å². The molecule has 3 heterocycles. The van der Waals surface area contributed by atoms with E-state index < -0.39 is 0 Å². The fraction of sp³-hybridized carbons (Fsp3) is 0.800. The highest BCUT2D eigenvalue weighted by atomic mass is 16.5. The van der Waals surface area contributed by atoms with Crippen molar-refractivity contribution < 1.29 is 9.53 Å². The molecule has 2 atom stereocenters. The van der Waals surface area contributed by atoms with Crippen LogP contribution in [0.5, 0.6) is 0 Å². The van der Waals surface area contributed by atoms with Crippen molar-refractivity contribution in [2.45, 2.75) is 58.1 Å². The number of aromatic nitrogens is 3. The number of hydrogen-bond acceptors (Lipinski definition) is 4. The summed E-state index contributed by atoms with van der Waals surface area (Å²) in [5.41, 5.74) is 0. The zero-order valence-corrected chi connectivity index (χ0v) is 12.9. The van der Waals surface area contributed by atoms with Crippen molar-refractivity contribution in [2.75, 3.05) is 19.7 Å². The van der Waals surface area contributed by atoms with Crippen LogP contribution in [0.25, 0.3) is 0 Å². The Hall–Kier alpha value is -1.43. The van der Waals surface area contributed by atoms with Gasteiger partial charge >= 0.3 is 0 Å². The predicted molar refractivity (Wildman–Crippen MR) is 77.9 cm³/mol. The SMILES string of the molecule is Cc1nc(C)n([C@H]2CCCN(C(=O)C[C@@H]3CCCO3)C2)n1. The van der Waals surface area contributed by atoms with Crippen LogP contribution >= 0.6 is 0 Å². The maximum Gasteiger partial charge on any atom is 0.225 e. The van der Waals surface area contributed by atoms with Crippen LogP contribution in [0, 0.1) is 13.8 Å². The van der Waals surface area contributed by atoms with E-state index >= 15 is 0 Å². The number of piperidine rings is 1. The number of carbonyl (C=O) groups is 1. The van der Waals surface area contributed by atoms with Crippen LogP contribution < -0.4 is 0 Å². The Morgan fingerprint density at radius 3 is 2.86 bits per heavy atom. The Kier molecular flexibility index (Phi) is 4.24. The lowest BCUT2D eigenvalue weighted by molar-refractivity contribution is -0.135. The molecule has 0 radical (unpaired) electrons. The van der Waals surface area contributed by atoms with Gasteiger partial charge in [-0.15, -0.1) is 0 Å². The summed E-state index contributed by atoms with van der Waals surface area (Å²) in [7, 11) is 0. The van der Waals surface area contributed by atoms with Gasteiger partial charge in [0.1, 0.15) is 11.6 Å². The second kappa shape index (κ2) is 6.13. The molecular formula is C15H24N4O2. The van der Waals surface area contributed by atoms with Gasteiger partial charge in [-0.2, -0.15) is 5.10 Å². The normalized spacial score (nSPS) is 26.3. The van der Waals surface area contributed by atoms with Gasteiger partial charge in [0.15, 0.2) is 0 Å². The first-order valence-corrected chi connectivity index (χ1v) is 7.92. The van der Waals surface area contributed by atoms with Gasteiger partial charge in [0.2, 0.25) is 5.91 Å². The number of hydrogen-bond donors (Lipinski definition) is 0. The van der Waals surface area contributed by atoms with E-state index in [1.54, 1.807) is 0 Å². The molecule has 3 rings (SSSR count). The number of amides is 1. The number of aryl methyl sites for hydroxylation is 2. The Morgan fingerprint density at radius 2 is 2.19 bits per heavy atom. The first-order chi connectivity index (χ1) is 10.1. The van der Waals surface area contributed by atoms with Crippen LogP contribution in [0.4, 0.5) is 0 Å². The van der Waals surface area contributed by atoms with Gasteiger partial charge in [0.05, 0.1) is 18.6 Å². The number of nitrogens with zero attached hydrogens (tertiary/aromatic N) is 4. The predicted octanol–water partition coefficient (Wildman–Crippen LogP) is 1.63. The molecule has 1 amide bonds. The lowest BCUT2D eigenvalue weighted by Crippen LogP contribution is -2.42. The van der Waals surface area contributed by atoms with Gasteiger partial charge in [-0.25, -0.2) is 9.67 Å². The van der Waals surface area contributed by atoms with Crippen molar-refractivity contribution in [1.29, 1.82) is 0 Å². The van der Waals surface area contributed by atoms with Crippen LogP contribution in [0.1, 0.15) is 49.8 Å². The van der Waals surface area contributed by atoms with Gasteiger partial charge in [-0.1, -0.05) is 0 Å². The molecule has 0 aromatic carbocycles. The first kappa shape index (κ1) is 14.5. The molecule has 2 aliphatic rings. The third-order valence-corrected chi connectivity index (χ3v) is 4.43. The topological polar surface area (TPSA) is 60.2 Å². The van der Waals surface area contributed by atoms with Gasteiger partial charge < -0.3 is 9.64 Å². The highest BCUT2D eigenvalue weighted by Crippen LogP contribution is 2.24. The molecule has 0 unspecified atom stereocenters. The minimum atomic E-state index is 0.133. The Labute approximate surface area is 125 Å². The molecule has 2 saturated heterocycles. The standard InChI is InChI=1S/C15H24N4O2/c1-11-16-12(2)19(17-11)13-5-3-7-18(10-13)15(20)9-14-6-4-8-21-14/h13-14H,3-10H2,1-2H3/t13-,14-/m0/s1. The molecule has 1 aromatic heterocycles. The quantitative estimate of drug-likeness (QED) is 0.849. The molecule has 2 fully saturated rings. The number of ether oxygens (including phenoxy) is 1. The first-order valence-electron chi connectivity index (χ1n) is 7.92. The van der Waals surface area contributed by atoms with Gasteiger partial charge in [0, 0.05) is 19.7 Å². The summed E-state index contributed by atoms with van der Waals surface area (Å²) in [6.07, 6.45) is 4.85. The summed E-state index contributed by atoms with van der Waals surface area (Å²) in [6, 6.07) is 0.258. The molecule has 6 heteroatoms. The largest absolute Gasteiger partial charge is 0.378 e. The number of rotatable bonds is 3. The van der Waals surface area contributed by atoms with E-state index in [2.05, 4.69) is 10.1 Å². The molecule has 21 heavy (non-hydrogen) atoms. The van der Waals surface area contributed by atoms with E-state index in [1.165, 1.54) is 0 Å². The van der Waals surface area contributed by atoms with Crippen molar-refractivity contribution >= 4 is 5.91 Å². The van der Waals surface area contributed by atoms with Crippen molar-refractivity contribution in [3.8, 4) is 0 Å².